The average molecular weight is 325 g/mol. The van der Waals surface area contributed by atoms with Crippen molar-refractivity contribution >= 4 is 6.09 Å². The standard InChI is InChI=1S/C19H36N2O2/c1-18(2,3)23-17(22)20-13-15-9-8-10-16(15)21-14-19(4)11-6-5-7-12-19/h15-16,21H,5-14H2,1-4H3,(H,20,22). The number of alkyl carbamates (subject to hydrolysis) is 1. The first kappa shape index (κ1) is 18.6. The van der Waals surface area contributed by atoms with Crippen LogP contribution in [0, 0.1) is 11.3 Å². The lowest BCUT2D eigenvalue weighted by Gasteiger charge is -2.35. The largest absolute Gasteiger partial charge is 0.444 e. The minimum atomic E-state index is -0.424. The van der Waals surface area contributed by atoms with Gasteiger partial charge in [-0.1, -0.05) is 32.6 Å². The van der Waals surface area contributed by atoms with E-state index in [0.29, 0.717) is 17.4 Å². The molecule has 0 heterocycles. The second-order valence-corrected chi connectivity index (χ2v) is 8.93. The molecule has 0 aliphatic heterocycles. The molecule has 134 valence electrons. The molecule has 2 rings (SSSR count). The molecule has 2 aliphatic carbocycles. The smallest absolute Gasteiger partial charge is 0.407 e. The third-order valence-corrected chi connectivity index (χ3v) is 5.42. The highest BCUT2D eigenvalue weighted by Crippen LogP contribution is 2.36. The van der Waals surface area contributed by atoms with Gasteiger partial charge in [-0.15, -0.1) is 0 Å². The zero-order chi connectivity index (χ0) is 16.9. The molecule has 4 heteroatoms. The number of amides is 1. The lowest BCUT2D eigenvalue weighted by atomic mass is 9.75. The number of hydrogen-bond donors (Lipinski definition) is 2. The van der Waals surface area contributed by atoms with Crippen LogP contribution in [0.1, 0.15) is 79.1 Å². The van der Waals surface area contributed by atoms with Crippen molar-refractivity contribution in [2.45, 2.75) is 90.7 Å². The van der Waals surface area contributed by atoms with Gasteiger partial charge in [0.15, 0.2) is 0 Å². The fourth-order valence-electron chi connectivity index (χ4n) is 4.04. The molecule has 2 saturated carbocycles. The molecule has 0 aromatic carbocycles. The summed E-state index contributed by atoms with van der Waals surface area (Å²) in [6.07, 6.45) is 10.3. The van der Waals surface area contributed by atoms with E-state index in [4.69, 9.17) is 4.74 Å². The highest BCUT2D eigenvalue weighted by atomic mass is 16.6. The molecule has 0 saturated heterocycles. The molecular weight excluding hydrogens is 288 g/mol. The highest BCUT2D eigenvalue weighted by Gasteiger charge is 2.32. The van der Waals surface area contributed by atoms with Crippen molar-refractivity contribution in [2.24, 2.45) is 11.3 Å². The molecular formula is C19H36N2O2. The molecule has 1 amide bonds. The Bertz CT molecular complexity index is 383. The molecule has 2 unspecified atom stereocenters. The van der Waals surface area contributed by atoms with Gasteiger partial charge in [0.2, 0.25) is 0 Å². The van der Waals surface area contributed by atoms with E-state index in [1.807, 2.05) is 20.8 Å². The van der Waals surface area contributed by atoms with Crippen LogP contribution in [0.4, 0.5) is 4.79 Å². The van der Waals surface area contributed by atoms with Crippen molar-refractivity contribution < 1.29 is 9.53 Å². The van der Waals surface area contributed by atoms with Gasteiger partial charge in [0.25, 0.3) is 0 Å². The van der Waals surface area contributed by atoms with Gasteiger partial charge in [0.1, 0.15) is 5.60 Å². The van der Waals surface area contributed by atoms with Crippen LogP contribution in [-0.2, 0) is 4.74 Å². The first-order valence-corrected chi connectivity index (χ1v) is 9.48. The van der Waals surface area contributed by atoms with Gasteiger partial charge < -0.3 is 15.4 Å². The van der Waals surface area contributed by atoms with Crippen molar-refractivity contribution in [1.82, 2.24) is 10.6 Å². The number of rotatable bonds is 5. The van der Waals surface area contributed by atoms with E-state index >= 15 is 0 Å². The Kier molecular flexibility index (Phi) is 6.35. The summed E-state index contributed by atoms with van der Waals surface area (Å²) in [6, 6.07) is 0.545. The van der Waals surface area contributed by atoms with Gasteiger partial charge >= 0.3 is 6.09 Å². The van der Waals surface area contributed by atoms with Crippen LogP contribution in [0.5, 0.6) is 0 Å². The number of carbonyl (C=O) groups excluding carboxylic acids is 1. The Labute approximate surface area is 142 Å². The van der Waals surface area contributed by atoms with E-state index in [-0.39, 0.29) is 6.09 Å². The van der Waals surface area contributed by atoms with E-state index in [9.17, 15) is 4.79 Å². The van der Waals surface area contributed by atoms with Gasteiger partial charge in [-0.05, 0) is 57.8 Å². The molecule has 0 spiro atoms. The fraction of sp³-hybridized carbons (Fsp3) is 0.947. The second-order valence-electron chi connectivity index (χ2n) is 8.93. The minimum absolute atomic E-state index is 0.289. The van der Waals surface area contributed by atoms with Gasteiger partial charge in [-0.25, -0.2) is 4.79 Å². The zero-order valence-electron chi connectivity index (χ0n) is 15.5. The summed E-state index contributed by atoms with van der Waals surface area (Å²) in [6.45, 7) is 9.98. The molecule has 4 nitrogen and oxygen atoms in total. The van der Waals surface area contributed by atoms with Crippen molar-refractivity contribution in [3.63, 3.8) is 0 Å². The zero-order valence-corrected chi connectivity index (χ0v) is 15.5. The summed E-state index contributed by atoms with van der Waals surface area (Å²) in [5.74, 6) is 0.537. The second kappa shape index (κ2) is 7.87. The summed E-state index contributed by atoms with van der Waals surface area (Å²) in [7, 11) is 0. The van der Waals surface area contributed by atoms with Crippen molar-refractivity contribution in [3.05, 3.63) is 0 Å². The summed E-state index contributed by atoms with van der Waals surface area (Å²) < 4.78 is 5.33. The molecule has 2 fully saturated rings. The summed E-state index contributed by atoms with van der Waals surface area (Å²) >= 11 is 0. The van der Waals surface area contributed by atoms with E-state index < -0.39 is 5.60 Å². The maximum atomic E-state index is 11.8. The van der Waals surface area contributed by atoms with Gasteiger partial charge in [0.05, 0.1) is 0 Å². The van der Waals surface area contributed by atoms with E-state index in [2.05, 4.69) is 17.6 Å². The van der Waals surface area contributed by atoms with E-state index in [1.165, 1.54) is 51.4 Å². The highest BCUT2D eigenvalue weighted by molar-refractivity contribution is 5.67. The molecule has 0 aromatic rings. The van der Waals surface area contributed by atoms with Crippen LogP contribution in [0.15, 0.2) is 0 Å². The van der Waals surface area contributed by atoms with Crippen LogP contribution in [-0.4, -0.2) is 30.8 Å². The minimum Gasteiger partial charge on any atom is -0.444 e. The Balaban J connectivity index is 1.73. The van der Waals surface area contributed by atoms with Gasteiger partial charge in [-0.3, -0.25) is 0 Å². The topological polar surface area (TPSA) is 50.4 Å². The number of hydrogen-bond acceptors (Lipinski definition) is 3. The van der Waals surface area contributed by atoms with E-state index in [1.54, 1.807) is 0 Å². The lowest BCUT2D eigenvalue weighted by Crippen LogP contribution is -2.44. The number of ether oxygens (including phenoxy) is 1. The number of carbonyl (C=O) groups is 1. The van der Waals surface area contributed by atoms with Crippen LogP contribution in [0.3, 0.4) is 0 Å². The molecule has 0 aromatic heterocycles. The summed E-state index contributed by atoms with van der Waals surface area (Å²) in [4.78, 5) is 11.8. The maximum Gasteiger partial charge on any atom is 0.407 e. The molecule has 2 aliphatic rings. The Morgan fingerprint density at radius 2 is 1.83 bits per heavy atom. The van der Waals surface area contributed by atoms with Crippen LogP contribution >= 0.6 is 0 Å². The molecule has 23 heavy (non-hydrogen) atoms. The molecule has 2 atom stereocenters. The summed E-state index contributed by atoms with van der Waals surface area (Å²) in [5, 5.41) is 6.78. The normalized spacial score (nSPS) is 27.7. The predicted molar refractivity (Wildman–Crippen MR) is 94.6 cm³/mol. The molecule has 0 bridgehead atoms. The fourth-order valence-corrected chi connectivity index (χ4v) is 4.04. The van der Waals surface area contributed by atoms with Crippen molar-refractivity contribution in [2.75, 3.05) is 13.1 Å². The van der Waals surface area contributed by atoms with Crippen LogP contribution in [0.25, 0.3) is 0 Å². The Hall–Kier alpha value is -0.770. The predicted octanol–water partition coefficient (Wildman–Crippen LogP) is 4.24. The quantitative estimate of drug-likeness (QED) is 0.795. The van der Waals surface area contributed by atoms with Crippen LogP contribution < -0.4 is 10.6 Å². The molecule has 0 radical (unpaired) electrons. The summed E-state index contributed by atoms with van der Waals surface area (Å²) in [5.41, 5.74) is 0.0525. The van der Waals surface area contributed by atoms with Crippen molar-refractivity contribution in [1.29, 1.82) is 0 Å². The first-order valence-electron chi connectivity index (χ1n) is 9.48. The SMILES string of the molecule is CC1(CNC2CCCC2CNC(=O)OC(C)(C)C)CCCCC1. The van der Waals surface area contributed by atoms with Crippen LogP contribution in [0.2, 0.25) is 0 Å². The first-order chi connectivity index (χ1) is 10.8. The van der Waals surface area contributed by atoms with Gasteiger partial charge in [0, 0.05) is 19.1 Å². The third kappa shape index (κ3) is 6.33. The van der Waals surface area contributed by atoms with Crippen molar-refractivity contribution in [3.8, 4) is 0 Å². The lowest BCUT2D eigenvalue weighted by molar-refractivity contribution is 0.0516. The third-order valence-electron chi connectivity index (χ3n) is 5.42. The number of nitrogens with one attached hydrogen (secondary N) is 2. The van der Waals surface area contributed by atoms with E-state index in [0.717, 1.165) is 13.1 Å². The monoisotopic (exact) mass is 324 g/mol. The van der Waals surface area contributed by atoms with Gasteiger partial charge in [-0.2, -0.15) is 0 Å². The Morgan fingerprint density at radius 1 is 1.13 bits per heavy atom. The maximum absolute atomic E-state index is 11.8. The Morgan fingerprint density at radius 3 is 2.48 bits per heavy atom. The molecule has 2 N–H and O–H groups in total. The average Bonchev–Trinajstić information content (AvgIpc) is 2.89.